The average Bonchev–Trinajstić information content (AvgIpc) is 3.19. The molecular formula is C30H24N2O4. The maximum atomic E-state index is 11.6. The van der Waals surface area contributed by atoms with Gasteiger partial charge in [-0.15, -0.1) is 0 Å². The molecule has 0 radical (unpaired) electrons. The summed E-state index contributed by atoms with van der Waals surface area (Å²) in [6, 6.07) is 24.6. The van der Waals surface area contributed by atoms with Gasteiger partial charge in [-0.25, -0.2) is 9.79 Å². The first kappa shape index (κ1) is 23.1. The van der Waals surface area contributed by atoms with Gasteiger partial charge in [0.15, 0.2) is 0 Å². The fraction of sp³-hybridized carbons (Fsp3) is 0.100. The second-order valence-electron chi connectivity index (χ2n) is 9.02. The number of aromatic carboxylic acids is 1. The number of hydrogen-bond donors (Lipinski definition) is 3. The molecule has 3 N–H and O–H groups in total. The number of aliphatic carboxylic acids is 1. The maximum absolute atomic E-state index is 11.6. The van der Waals surface area contributed by atoms with Gasteiger partial charge < -0.3 is 15.5 Å². The van der Waals surface area contributed by atoms with Crippen LogP contribution >= 0.6 is 0 Å². The lowest BCUT2D eigenvalue weighted by atomic mass is 9.83. The first-order valence-electron chi connectivity index (χ1n) is 11.6. The van der Waals surface area contributed by atoms with Gasteiger partial charge in [0.1, 0.15) is 0 Å². The van der Waals surface area contributed by atoms with Crippen molar-refractivity contribution in [2.45, 2.75) is 13.3 Å². The zero-order valence-corrected chi connectivity index (χ0v) is 19.6. The Morgan fingerprint density at radius 3 is 2.17 bits per heavy atom. The van der Waals surface area contributed by atoms with Crippen molar-refractivity contribution < 1.29 is 19.8 Å². The minimum absolute atomic E-state index is 0.219. The Balaban J connectivity index is 1.64. The largest absolute Gasteiger partial charge is 0.481 e. The predicted octanol–water partition coefficient (Wildman–Crippen LogP) is 6.10. The van der Waals surface area contributed by atoms with E-state index in [1.807, 2.05) is 60.7 Å². The van der Waals surface area contributed by atoms with Crippen molar-refractivity contribution in [3.05, 3.63) is 125 Å². The lowest BCUT2D eigenvalue weighted by Crippen LogP contribution is -2.25. The second kappa shape index (κ2) is 9.15. The van der Waals surface area contributed by atoms with Crippen molar-refractivity contribution in [1.29, 1.82) is 0 Å². The maximum Gasteiger partial charge on any atom is 0.335 e. The zero-order chi connectivity index (χ0) is 25.3. The van der Waals surface area contributed by atoms with E-state index in [9.17, 15) is 19.8 Å². The number of nitrogens with one attached hydrogen (secondary N) is 1. The van der Waals surface area contributed by atoms with Crippen LogP contribution in [0.1, 0.15) is 40.4 Å². The number of rotatable bonds is 6. The molecule has 1 atom stereocenters. The molecule has 178 valence electrons. The molecular weight excluding hydrogens is 452 g/mol. The number of carbonyl (C=O) groups is 2. The molecule has 0 saturated heterocycles. The number of aliphatic imine (C=N–C) groups is 1. The van der Waals surface area contributed by atoms with E-state index in [0.29, 0.717) is 12.1 Å². The van der Waals surface area contributed by atoms with Crippen LogP contribution in [0, 0.1) is 5.41 Å². The standard InChI is InChI=1S/C30H24N2O4/c1-30(29(35)36)17-15-22(16-18-30)32-27-24-10-6-5-9-23(24)26(25(27)19-7-3-2-4-8-19)31-21-13-11-20(12-14-21)28(33)34/h2-17,31H,18H2,1H3,(H,33,34)(H,35,36). The van der Waals surface area contributed by atoms with Crippen LogP contribution in [0.25, 0.3) is 11.3 Å². The van der Waals surface area contributed by atoms with Crippen LogP contribution in [-0.2, 0) is 4.79 Å². The van der Waals surface area contributed by atoms with E-state index in [4.69, 9.17) is 4.99 Å². The summed E-state index contributed by atoms with van der Waals surface area (Å²) in [5.74, 6) is -1.84. The lowest BCUT2D eigenvalue weighted by Gasteiger charge is -2.22. The summed E-state index contributed by atoms with van der Waals surface area (Å²) in [5, 5.41) is 22.3. The summed E-state index contributed by atoms with van der Waals surface area (Å²) in [5.41, 5.74) is 6.24. The number of benzene rings is 3. The highest BCUT2D eigenvalue weighted by Gasteiger charge is 2.32. The Labute approximate surface area is 208 Å². The van der Waals surface area contributed by atoms with Crippen LogP contribution in [0.15, 0.2) is 108 Å². The van der Waals surface area contributed by atoms with Crippen LogP contribution in [0.5, 0.6) is 0 Å². The second-order valence-corrected chi connectivity index (χ2v) is 9.02. The molecule has 1 unspecified atom stereocenters. The molecule has 0 aliphatic heterocycles. The Morgan fingerprint density at radius 2 is 1.56 bits per heavy atom. The molecule has 0 fully saturated rings. The van der Waals surface area contributed by atoms with Gasteiger partial charge >= 0.3 is 11.9 Å². The normalized spacial score (nSPS) is 19.7. The number of carboxylic acid groups (broad SMARTS) is 2. The fourth-order valence-electron chi connectivity index (χ4n) is 4.36. The van der Waals surface area contributed by atoms with Crippen LogP contribution in [0.3, 0.4) is 0 Å². The van der Waals surface area contributed by atoms with Gasteiger partial charge in [-0.1, -0.05) is 66.7 Å². The average molecular weight is 477 g/mol. The van der Waals surface area contributed by atoms with Crippen molar-refractivity contribution >= 4 is 34.6 Å². The van der Waals surface area contributed by atoms with Crippen LogP contribution in [0.2, 0.25) is 0 Å². The molecule has 0 aromatic heterocycles. The van der Waals surface area contributed by atoms with Gasteiger partial charge in [0.25, 0.3) is 0 Å². The quantitative estimate of drug-likeness (QED) is 0.399. The number of anilines is 1. The topological polar surface area (TPSA) is 99.0 Å². The first-order valence-corrected chi connectivity index (χ1v) is 11.6. The summed E-state index contributed by atoms with van der Waals surface area (Å²) < 4.78 is 0. The number of hydrogen-bond acceptors (Lipinski definition) is 4. The van der Waals surface area contributed by atoms with Gasteiger partial charge in [0.2, 0.25) is 0 Å². The van der Waals surface area contributed by atoms with Gasteiger partial charge in [0.05, 0.1) is 28.1 Å². The molecule has 3 aromatic rings. The molecule has 0 spiro atoms. The molecule has 36 heavy (non-hydrogen) atoms. The minimum atomic E-state index is -0.973. The molecule has 5 rings (SSSR count). The zero-order valence-electron chi connectivity index (χ0n) is 19.6. The van der Waals surface area contributed by atoms with Gasteiger partial charge in [-0.3, -0.25) is 4.79 Å². The summed E-state index contributed by atoms with van der Waals surface area (Å²) in [7, 11) is 0. The van der Waals surface area contributed by atoms with E-state index in [-0.39, 0.29) is 5.56 Å². The number of nitrogens with zero attached hydrogens (tertiary/aromatic N) is 1. The summed E-state index contributed by atoms with van der Waals surface area (Å²) in [4.78, 5) is 27.9. The number of allylic oxidation sites excluding steroid dienone is 3. The molecule has 6 nitrogen and oxygen atoms in total. The van der Waals surface area contributed by atoms with E-state index in [1.54, 1.807) is 43.3 Å². The van der Waals surface area contributed by atoms with E-state index in [2.05, 4.69) is 5.32 Å². The Morgan fingerprint density at radius 1 is 0.889 bits per heavy atom. The summed E-state index contributed by atoms with van der Waals surface area (Å²) in [6.45, 7) is 1.70. The highest BCUT2D eigenvalue weighted by Crippen LogP contribution is 2.40. The monoisotopic (exact) mass is 476 g/mol. The molecule has 0 heterocycles. The van der Waals surface area contributed by atoms with Crippen molar-refractivity contribution in [2.75, 3.05) is 5.32 Å². The highest BCUT2D eigenvalue weighted by molar-refractivity contribution is 6.43. The third-order valence-electron chi connectivity index (χ3n) is 6.49. The van der Waals surface area contributed by atoms with Gasteiger partial charge in [-0.05, 0) is 49.2 Å². The first-order chi connectivity index (χ1) is 17.4. The van der Waals surface area contributed by atoms with Crippen LogP contribution in [-0.4, -0.2) is 27.9 Å². The van der Waals surface area contributed by atoms with Crippen LogP contribution in [0.4, 0.5) is 5.69 Å². The molecule has 6 heteroatoms. The minimum Gasteiger partial charge on any atom is -0.481 e. The smallest absolute Gasteiger partial charge is 0.335 e. The third-order valence-corrected chi connectivity index (χ3v) is 6.49. The SMILES string of the molecule is CC1(C(=O)O)C=CC(N=C2C(c3ccccc3)=C(Nc3ccc(C(=O)O)cc3)c3ccccc32)=CC1. The Bertz CT molecular complexity index is 1480. The van der Waals surface area contributed by atoms with E-state index >= 15 is 0 Å². The molecule has 0 saturated carbocycles. The lowest BCUT2D eigenvalue weighted by molar-refractivity contribution is -0.145. The summed E-state index contributed by atoms with van der Waals surface area (Å²) in [6.07, 6.45) is 5.69. The van der Waals surface area contributed by atoms with E-state index in [1.165, 1.54) is 0 Å². The molecule has 0 amide bonds. The van der Waals surface area contributed by atoms with Crippen molar-refractivity contribution in [3.63, 3.8) is 0 Å². The molecule has 3 aromatic carbocycles. The Kier molecular flexibility index (Phi) is 5.86. The molecule has 2 aliphatic carbocycles. The third kappa shape index (κ3) is 4.25. The van der Waals surface area contributed by atoms with E-state index in [0.717, 1.165) is 39.4 Å². The summed E-state index contributed by atoms with van der Waals surface area (Å²) >= 11 is 0. The van der Waals surface area contributed by atoms with Crippen LogP contribution < -0.4 is 5.32 Å². The van der Waals surface area contributed by atoms with Crippen molar-refractivity contribution in [2.24, 2.45) is 10.4 Å². The number of carboxylic acids is 2. The Hall–Kier alpha value is -4.71. The van der Waals surface area contributed by atoms with Gasteiger partial charge in [-0.2, -0.15) is 0 Å². The predicted molar refractivity (Wildman–Crippen MR) is 141 cm³/mol. The molecule has 2 aliphatic rings. The van der Waals surface area contributed by atoms with Crippen molar-refractivity contribution in [1.82, 2.24) is 0 Å². The van der Waals surface area contributed by atoms with E-state index < -0.39 is 17.4 Å². The van der Waals surface area contributed by atoms with Gasteiger partial charge in [0, 0.05) is 22.4 Å². The fourth-order valence-corrected chi connectivity index (χ4v) is 4.36. The van der Waals surface area contributed by atoms with Crippen molar-refractivity contribution in [3.8, 4) is 0 Å². The molecule has 0 bridgehead atoms. The number of fused-ring (bicyclic) bond motifs is 1. The highest BCUT2D eigenvalue weighted by atomic mass is 16.4.